The summed E-state index contributed by atoms with van der Waals surface area (Å²) in [6.45, 7) is 23.5. The summed E-state index contributed by atoms with van der Waals surface area (Å²) in [5, 5.41) is 11.6. The number of pyridine rings is 5. The van der Waals surface area contributed by atoms with Crippen molar-refractivity contribution in [2.24, 2.45) is 0 Å². The number of hydrogen-bond donors (Lipinski definition) is 4. The van der Waals surface area contributed by atoms with Gasteiger partial charge in [-0.05, 0) is 126 Å². The van der Waals surface area contributed by atoms with Gasteiger partial charge in [0.05, 0.1) is 67.1 Å². The van der Waals surface area contributed by atoms with E-state index in [2.05, 4.69) is 103 Å². The molecule has 0 aromatic carbocycles. The zero-order valence-corrected chi connectivity index (χ0v) is 57.0. The average molecular weight is 1440 g/mol. The van der Waals surface area contributed by atoms with E-state index in [0.717, 1.165) is 22.6 Å². The quantitative estimate of drug-likeness (QED) is 0.0209. The first-order valence-electron chi connectivity index (χ1n) is 25.1. The number of carboxylic acids is 1. The van der Waals surface area contributed by atoms with Gasteiger partial charge in [0, 0.05) is 76.5 Å². The lowest BCUT2D eigenvalue weighted by atomic mass is 10.0. The summed E-state index contributed by atoms with van der Waals surface area (Å²) in [6, 6.07) is 10.9. The van der Waals surface area contributed by atoms with E-state index in [4.69, 9.17) is 72.6 Å². The van der Waals surface area contributed by atoms with Crippen molar-refractivity contribution >= 4 is 149 Å². The van der Waals surface area contributed by atoms with Gasteiger partial charge in [-0.25, -0.2) is 24.4 Å². The zero-order valence-electron chi connectivity index (χ0n) is 47.6. The number of H-pyrrole nitrogens is 3. The van der Waals surface area contributed by atoms with Gasteiger partial charge >= 0.3 is 17.9 Å². The highest BCUT2D eigenvalue weighted by atomic mass is 79.9. The first kappa shape index (κ1) is 76.9. The fourth-order valence-corrected chi connectivity index (χ4v) is 10.4. The molecule has 7 heterocycles. The minimum absolute atomic E-state index is 0. The molecule has 0 bridgehead atoms. The number of carbonyl (C=O) groups excluding carboxylic acids is 3. The number of carbonyl (C=O) groups is 4. The molecule has 0 atom stereocenters. The number of nitrogens with one attached hydrogen (secondary N) is 3. The van der Waals surface area contributed by atoms with Crippen LogP contribution in [-0.2, 0) is 15.2 Å². The molecule has 18 nitrogen and oxygen atoms in total. The molecule has 0 radical (unpaired) electrons. The molecule has 4 N–H and O–H groups in total. The Labute approximate surface area is 544 Å². The third kappa shape index (κ3) is 25.4. The molecule has 0 saturated heterocycles. The van der Waals surface area contributed by atoms with Gasteiger partial charge in [0.1, 0.15) is 10.2 Å². The largest absolute Gasteiger partial charge is 0.478 e. The normalized spacial score (nSPS) is 10.3. The maximum Gasteiger partial charge on any atom is 0.342 e. The number of halogens is 8. The van der Waals surface area contributed by atoms with E-state index in [1.807, 2.05) is 41.5 Å². The number of aromatic nitrogens is 9. The van der Waals surface area contributed by atoms with Crippen molar-refractivity contribution in [2.75, 3.05) is 13.2 Å². The zero-order chi connectivity index (χ0) is 62.8. The lowest BCUT2D eigenvalue weighted by Crippen LogP contribution is -2.11. The summed E-state index contributed by atoms with van der Waals surface area (Å²) >= 11 is 41.8. The Morgan fingerprint density at radius 2 is 0.988 bits per heavy atom. The van der Waals surface area contributed by atoms with E-state index in [9.17, 15) is 28.8 Å². The number of hydrogen-bond acceptors (Lipinski definition) is 16. The van der Waals surface area contributed by atoms with Crippen molar-refractivity contribution in [2.45, 2.75) is 118 Å². The van der Waals surface area contributed by atoms with Gasteiger partial charge in [0.25, 0.3) is 11.1 Å². The molecule has 0 aliphatic heterocycles. The summed E-state index contributed by atoms with van der Waals surface area (Å²) < 4.78 is 10.3. The smallest absolute Gasteiger partial charge is 0.342 e. The van der Waals surface area contributed by atoms with E-state index in [1.54, 1.807) is 70.6 Å². The highest BCUT2D eigenvalue weighted by molar-refractivity contribution is 9.18. The molecule has 454 valence electrons. The van der Waals surface area contributed by atoms with Crippen molar-refractivity contribution < 1.29 is 33.8 Å². The van der Waals surface area contributed by atoms with Crippen LogP contribution in [0.3, 0.4) is 0 Å². The Balaban J connectivity index is 0.000000510. The highest BCUT2D eigenvalue weighted by Crippen LogP contribution is 2.31. The van der Waals surface area contributed by atoms with Crippen molar-refractivity contribution in [1.29, 1.82) is 0 Å². The van der Waals surface area contributed by atoms with E-state index >= 15 is 0 Å². The molecule has 28 heteroatoms. The van der Waals surface area contributed by atoms with Gasteiger partial charge in [-0.2, -0.15) is 0 Å². The number of esters is 2. The summed E-state index contributed by atoms with van der Waals surface area (Å²) in [5.41, 5.74) is 6.35. The van der Waals surface area contributed by atoms with Crippen molar-refractivity contribution in [1.82, 2.24) is 44.9 Å². The number of carboxylic acid groups (broad SMARTS) is 1. The first-order chi connectivity index (χ1) is 39.0. The van der Waals surface area contributed by atoms with Crippen LogP contribution in [0.5, 0.6) is 0 Å². The van der Waals surface area contributed by atoms with Gasteiger partial charge in [0.15, 0.2) is 9.93 Å². The van der Waals surface area contributed by atoms with Crippen molar-refractivity contribution in [3.05, 3.63) is 191 Å². The summed E-state index contributed by atoms with van der Waals surface area (Å²) in [5.74, 6) is -0.572. The van der Waals surface area contributed by atoms with Crippen LogP contribution in [0.15, 0.2) is 92.8 Å². The Kier molecular flexibility index (Phi) is 35.5. The van der Waals surface area contributed by atoms with Crippen molar-refractivity contribution in [3.63, 3.8) is 0 Å². The molecule has 7 aromatic heterocycles. The fraction of sp³-hybridized carbons (Fsp3) is 0.339. The molecule has 84 heavy (non-hydrogen) atoms. The van der Waals surface area contributed by atoms with Gasteiger partial charge in [0.2, 0.25) is 4.69 Å². The SMILES string of the molecule is CC(C)c1nccc(Cl)c1C(=O)Br.CC(C)c1nccc(Cl)c1C(=O)O.CCOC(=O)c1c(Cl)ccnc1Br.CCOC(=O)c1c(Cl)ccnc1C(C)C.Cc1cc(=O)[nH]c(=S)[nH]1.Cc1cc(=O)[nH]c(SCc2c(Cl)ccnc2C(C)C)n1.Cl. The topological polar surface area (TPSA) is 266 Å². The minimum Gasteiger partial charge on any atom is -0.478 e. The fourth-order valence-electron chi connectivity index (χ4n) is 6.76. The second kappa shape index (κ2) is 38.8. The maximum atomic E-state index is 11.6. The molecule has 0 amide bonds. The van der Waals surface area contributed by atoms with Crippen LogP contribution in [0.2, 0.25) is 25.1 Å². The van der Waals surface area contributed by atoms with Crippen LogP contribution in [0.25, 0.3) is 0 Å². The van der Waals surface area contributed by atoms with Gasteiger partial charge < -0.3 is 24.5 Å². The summed E-state index contributed by atoms with van der Waals surface area (Å²) in [4.78, 5) is 99.7. The second-order valence-corrected chi connectivity index (χ2v) is 23.0. The predicted molar refractivity (Wildman–Crippen MR) is 346 cm³/mol. The lowest BCUT2D eigenvalue weighted by molar-refractivity contribution is 0.0515. The number of rotatable bonds is 13. The van der Waals surface area contributed by atoms with Gasteiger partial charge in [-0.15, -0.1) is 12.4 Å². The van der Waals surface area contributed by atoms with Crippen LogP contribution in [0.4, 0.5) is 0 Å². The number of aromatic carboxylic acids is 1. The number of thioether (sulfide) groups is 1. The highest BCUT2D eigenvalue weighted by Gasteiger charge is 2.21. The molecule has 0 fully saturated rings. The third-order valence-electron chi connectivity index (χ3n) is 10.3. The third-order valence-corrected chi connectivity index (χ3v) is 14.0. The Hall–Kier alpha value is -5.14. The molecular formula is C56H63Br2Cl6N9O9S2. The van der Waals surface area contributed by atoms with Gasteiger partial charge in [-0.3, -0.25) is 39.3 Å². The van der Waals surface area contributed by atoms with Crippen LogP contribution in [0, 0.1) is 18.6 Å². The minimum atomic E-state index is -1.03. The van der Waals surface area contributed by atoms with Crippen LogP contribution in [0.1, 0.15) is 174 Å². The summed E-state index contributed by atoms with van der Waals surface area (Å²) in [7, 11) is 0. The number of nitrogens with zero attached hydrogens (tertiary/aromatic N) is 6. The molecule has 0 unspecified atom stereocenters. The Bertz CT molecular complexity index is 3400. The molecular weight excluding hydrogens is 1380 g/mol. The molecule has 0 aliphatic carbocycles. The first-order valence-corrected chi connectivity index (χ1v) is 30.0. The number of ether oxygens (including phenoxy) is 2. The Morgan fingerprint density at radius 1 is 0.595 bits per heavy atom. The Morgan fingerprint density at radius 3 is 1.38 bits per heavy atom. The van der Waals surface area contributed by atoms with Crippen LogP contribution >= 0.6 is 126 Å². The number of aryl methyl sites for hydroxylation is 2. The molecule has 7 aromatic rings. The monoisotopic (exact) mass is 1440 g/mol. The van der Waals surface area contributed by atoms with E-state index in [-0.39, 0.29) is 62.1 Å². The predicted octanol–water partition coefficient (Wildman–Crippen LogP) is 16.4. The second-order valence-electron chi connectivity index (χ2n) is 18.2. The standard InChI is InChI=1S/C14H16ClN3OS.C11H14ClNO2.C9H9BrClNO.C9H10ClNO2.C8H7BrClNO2.C5H6N2OS.ClH/c1-8(2)13-10(11(15)4-5-16-13)7-20-14-17-9(3)6-12(19)18-14;1-4-15-11(14)9-8(12)5-6-13-10(9)7(2)3;1-5(2)8-7(9(10)13)6(11)3-4-12-8;1-5(2)8-7(9(12)13)6(10)3-4-11-8;1-2-13-8(12)6-5(10)3-4-11-7(6)9;1-3-2-4(8)7-5(9)6-3;/h4-6,8H,7H2,1-3H3,(H,17,18,19);5-7H,4H2,1-3H3;3-5H,1-2H3;3-5H,1-2H3,(H,12,13);3-4H,2H2,1H3;2H,1H3,(H2,6,7,8,9);1H. The van der Waals surface area contributed by atoms with E-state index in [1.165, 1.54) is 42.4 Å². The van der Waals surface area contributed by atoms with E-state index < -0.39 is 17.9 Å². The van der Waals surface area contributed by atoms with Crippen LogP contribution in [-0.4, -0.2) is 85.8 Å². The molecule has 7 rings (SSSR count). The maximum absolute atomic E-state index is 11.6. The van der Waals surface area contributed by atoms with Crippen molar-refractivity contribution in [3.8, 4) is 0 Å². The molecule has 0 spiro atoms. The van der Waals surface area contributed by atoms with Gasteiger partial charge in [-0.1, -0.05) is 125 Å². The number of aromatic amines is 3. The lowest BCUT2D eigenvalue weighted by Gasteiger charge is -2.12. The molecule has 0 saturated carbocycles. The van der Waals surface area contributed by atoms with E-state index in [0.29, 0.717) is 87.7 Å². The molecule has 0 aliphatic rings. The van der Waals surface area contributed by atoms with Crippen LogP contribution < -0.4 is 11.1 Å². The average Bonchev–Trinajstić information content (AvgIpc) is 3.44. The summed E-state index contributed by atoms with van der Waals surface area (Å²) in [6.07, 6.45) is 7.95.